The van der Waals surface area contributed by atoms with Gasteiger partial charge in [0.15, 0.2) is 11.5 Å². The lowest BCUT2D eigenvalue weighted by molar-refractivity contribution is 0.0221. The molecule has 11 heteroatoms. The molecule has 0 spiro atoms. The summed E-state index contributed by atoms with van der Waals surface area (Å²) in [6, 6.07) is 8.76. The van der Waals surface area contributed by atoms with Gasteiger partial charge in [-0.3, -0.25) is 4.79 Å². The quantitative estimate of drug-likeness (QED) is 0.495. The largest absolute Gasteiger partial charge is 0.454 e. The van der Waals surface area contributed by atoms with Crippen molar-refractivity contribution in [1.29, 1.82) is 0 Å². The molecule has 1 N–H and O–H groups in total. The molecule has 0 fully saturated rings. The minimum Gasteiger partial charge on any atom is -0.454 e. The van der Waals surface area contributed by atoms with Gasteiger partial charge in [0.05, 0.1) is 17.6 Å². The highest BCUT2D eigenvalue weighted by molar-refractivity contribution is 7.89. The molecule has 1 amide bonds. The molecule has 9 nitrogen and oxygen atoms in total. The van der Waals surface area contributed by atoms with Crippen molar-refractivity contribution < 1.29 is 36.9 Å². The van der Waals surface area contributed by atoms with Crippen LogP contribution in [0.1, 0.15) is 24.2 Å². The van der Waals surface area contributed by atoms with Crippen LogP contribution in [0.15, 0.2) is 47.4 Å². The molecule has 1 aliphatic heterocycles. The molecule has 0 unspecified atom stereocenters. The highest BCUT2D eigenvalue weighted by Crippen LogP contribution is 2.33. The number of amides is 1. The van der Waals surface area contributed by atoms with Gasteiger partial charge in [0.25, 0.3) is 5.91 Å². The van der Waals surface area contributed by atoms with Gasteiger partial charge in [-0.2, -0.15) is 4.31 Å². The van der Waals surface area contributed by atoms with Crippen LogP contribution in [0.2, 0.25) is 0 Å². The van der Waals surface area contributed by atoms with Gasteiger partial charge < -0.3 is 24.2 Å². The average Bonchev–Trinajstić information content (AvgIpc) is 3.32. The highest BCUT2D eigenvalue weighted by Gasteiger charge is 2.33. The number of aliphatic hydroxyl groups is 1. The number of halogens is 1. The topological polar surface area (TPSA) is 106 Å². The number of rotatable bonds is 11. The van der Waals surface area contributed by atoms with Crippen molar-refractivity contribution >= 4 is 15.9 Å². The molecular weight excluding hydrogens is 479 g/mol. The Morgan fingerprint density at radius 2 is 1.77 bits per heavy atom. The summed E-state index contributed by atoms with van der Waals surface area (Å²) in [6.45, 7) is 3.33. The summed E-state index contributed by atoms with van der Waals surface area (Å²) in [5, 5.41) is 9.71. The van der Waals surface area contributed by atoms with E-state index in [1.807, 2.05) is 6.92 Å². The van der Waals surface area contributed by atoms with Gasteiger partial charge in [0.1, 0.15) is 5.82 Å². The Balaban J connectivity index is 1.73. The number of sulfonamides is 1. The summed E-state index contributed by atoms with van der Waals surface area (Å²) in [6.07, 6.45) is -0.505. The lowest BCUT2D eigenvalue weighted by Crippen LogP contribution is -2.47. The maximum absolute atomic E-state index is 13.3. The molecule has 0 bridgehead atoms. The molecule has 3 rings (SSSR count). The van der Waals surface area contributed by atoms with Crippen LogP contribution in [-0.4, -0.2) is 81.4 Å². The van der Waals surface area contributed by atoms with Gasteiger partial charge in [-0.15, -0.1) is 0 Å². The summed E-state index contributed by atoms with van der Waals surface area (Å²) in [5.74, 6) is -0.0735. The number of hydrogen-bond acceptors (Lipinski definition) is 7. The fourth-order valence-corrected chi connectivity index (χ4v) is 5.56. The van der Waals surface area contributed by atoms with Crippen molar-refractivity contribution in [3.63, 3.8) is 0 Å². The van der Waals surface area contributed by atoms with E-state index in [0.717, 1.165) is 12.1 Å². The van der Waals surface area contributed by atoms with E-state index in [-0.39, 0.29) is 36.6 Å². The zero-order valence-corrected chi connectivity index (χ0v) is 21.0. The lowest BCUT2D eigenvalue weighted by Gasteiger charge is -2.33. The summed E-state index contributed by atoms with van der Waals surface area (Å²) >= 11 is 0. The fraction of sp³-hybridized carbons (Fsp3) is 0.458. The number of fused-ring (bicyclic) bond motifs is 1. The first-order chi connectivity index (χ1) is 16.6. The number of carbonyl (C=O) groups is 1. The standard InChI is InChI=1S/C24H31FN2O7S/c1-16(12-27(17(2)14-28)35(30,31)20-8-6-19(25)7-9-20)23(32-4)13-26(3)24(29)18-5-10-21-22(11-18)34-15-33-21/h5-11,16-17,23,28H,12-15H2,1-4H3/t16-,17-,23-/m0/s1. The second-order valence-electron chi connectivity index (χ2n) is 8.57. The maximum atomic E-state index is 13.3. The number of benzene rings is 2. The molecule has 3 atom stereocenters. The molecule has 0 saturated heterocycles. The number of ether oxygens (including phenoxy) is 3. The van der Waals surface area contributed by atoms with Crippen LogP contribution in [-0.2, 0) is 14.8 Å². The minimum absolute atomic E-state index is 0.0198. The first kappa shape index (κ1) is 26.9. The van der Waals surface area contributed by atoms with E-state index < -0.39 is 34.6 Å². The van der Waals surface area contributed by atoms with E-state index >= 15 is 0 Å². The van der Waals surface area contributed by atoms with Gasteiger partial charge in [-0.1, -0.05) is 6.92 Å². The Bertz CT molecular complexity index is 1130. The van der Waals surface area contributed by atoms with Crippen molar-refractivity contribution in [2.24, 2.45) is 5.92 Å². The minimum atomic E-state index is -4.01. The van der Waals surface area contributed by atoms with Gasteiger partial charge in [-0.05, 0) is 55.3 Å². The van der Waals surface area contributed by atoms with Crippen LogP contribution in [0.4, 0.5) is 4.39 Å². The highest BCUT2D eigenvalue weighted by atomic mass is 32.2. The normalized spacial score (nSPS) is 15.6. The summed E-state index contributed by atoms with van der Waals surface area (Å²) in [7, 11) is -0.886. The molecule has 0 aromatic heterocycles. The van der Waals surface area contributed by atoms with Crippen molar-refractivity contribution in [2.45, 2.75) is 30.9 Å². The van der Waals surface area contributed by atoms with E-state index in [4.69, 9.17) is 14.2 Å². The second kappa shape index (κ2) is 11.3. The zero-order chi connectivity index (χ0) is 25.8. The Kier molecular flexibility index (Phi) is 8.70. The molecule has 2 aromatic rings. The summed E-state index contributed by atoms with van der Waals surface area (Å²) in [5.41, 5.74) is 0.425. The predicted molar refractivity (Wildman–Crippen MR) is 126 cm³/mol. The van der Waals surface area contributed by atoms with Crippen molar-refractivity contribution in [3.05, 3.63) is 53.8 Å². The van der Waals surface area contributed by atoms with Gasteiger partial charge in [-0.25, -0.2) is 12.8 Å². The Morgan fingerprint density at radius 1 is 1.11 bits per heavy atom. The maximum Gasteiger partial charge on any atom is 0.253 e. The number of aliphatic hydroxyl groups excluding tert-OH is 1. The van der Waals surface area contributed by atoms with Gasteiger partial charge in [0, 0.05) is 38.9 Å². The van der Waals surface area contributed by atoms with Gasteiger partial charge in [0.2, 0.25) is 16.8 Å². The zero-order valence-electron chi connectivity index (χ0n) is 20.2. The van der Waals surface area contributed by atoms with E-state index in [9.17, 15) is 22.7 Å². The summed E-state index contributed by atoms with van der Waals surface area (Å²) in [4.78, 5) is 14.4. The first-order valence-electron chi connectivity index (χ1n) is 11.1. The molecule has 1 aliphatic rings. The number of nitrogens with zero attached hydrogens (tertiary/aromatic N) is 2. The van der Waals surface area contributed by atoms with Crippen molar-refractivity contribution in [3.8, 4) is 11.5 Å². The molecule has 0 radical (unpaired) electrons. The molecule has 35 heavy (non-hydrogen) atoms. The predicted octanol–water partition coefficient (Wildman–Crippen LogP) is 2.35. The van der Waals surface area contributed by atoms with Gasteiger partial charge >= 0.3 is 0 Å². The lowest BCUT2D eigenvalue weighted by atomic mass is 10.0. The second-order valence-corrected chi connectivity index (χ2v) is 10.5. The van der Waals surface area contributed by atoms with Crippen LogP contribution in [0.3, 0.4) is 0 Å². The average molecular weight is 511 g/mol. The van der Waals surface area contributed by atoms with Crippen LogP contribution in [0.5, 0.6) is 11.5 Å². The van der Waals surface area contributed by atoms with Crippen molar-refractivity contribution in [1.82, 2.24) is 9.21 Å². The fourth-order valence-electron chi connectivity index (χ4n) is 3.84. The monoisotopic (exact) mass is 510 g/mol. The molecular formula is C24H31FN2O7S. The number of likely N-dealkylation sites (N-methyl/N-ethyl adjacent to an activating group) is 1. The third kappa shape index (κ3) is 6.10. The smallest absolute Gasteiger partial charge is 0.253 e. The van der Waals surface area contributed by atoms with E-state index in [1.54, 1.807) is 32.2 Å². The molecule has 0 saturated carbocycles. The number of hydrogen-bond donors (Lipinski definition) is 1. The Hall–Kier alpha value is -2.73. The molecule has 0 aliphatic carbocycles. The summed E-state index contributed by atoms with van der Waals surface area (Å²) < 4.78 is 57.3. The van der Waals surface area contributed by atoms with Crippen LogP contribution in [0.25, 0.3) is 0 Å². The molecule has 2 aromatic carbocycles. The van der Waals surface area contributed by atoms with E-state index in [1.165, 1.54) is 28.4 Å². The Labute approximate surface area is 205 Å². The van der Waals surface area contributed by atoms with Crippen LogP contribution >= 0.6 is 0 Å². The van der Waals surface area contributed by atoms with Crippen LogP contribution in [0, 0.1) is 11.7 Å². The third-order valence-electron chi connectivity index (χ3n) is 6.00. The van der Waals surface area contributed by atoms with Crippen LogP contribution < -0.4 is 9.47 Å². The number of carbonyl (C=O) groups excluding carboxylic acids is 1. The number of methoxy groups -OCH3 is 1. The van der Waals surface area contributed by atoms with E-state index in [0.29, 0.717) is 17.1 Å². The first-order valence-corrected chi connectivity index (χ1v) is 12.6. The Morgan fingerprint density at radius 3 is 2.40 bits per heavy atom. The SMILES string of the molecule is CO[C@@H](CN(C)C(=O)c1ccc2c(c1)OCO2)[C@@H](C)CN([C@@H](C)CO)S(=O)(=O)c1ccc(F)cc1. The third-order valence-corrected chi connectivity index (χ3v) is 8.00. The van der Waals surface area contributed by atoms with Crippen molar-refractivity contribution in [2.75, 3.05) is 40.6 Å². The molecule has 1 heterocycles. The van der Waals surface area contributed by atoms with E-state index in [2.05, 4.69) is 0 Å². The molecule has 192 valence electrons.